The normalized spacial score (nSPS) is 27.0. The van der Waals surface area contributed by atoms with Crippen molar-refractivity contribution in [2.45, 2.75) is 75.5 Å². The van der Waals surface area contributed by atoms with Gasteiger partial charge in [-0.25, -0.2) is 14.2 Å². The first-order chi connectivity index (χ1) is 19.9. The van der Waals surface area contributed by atoms with E-state index in [1.807, 2.05) is 31.2 Å². The van der Waals surface area contributed by atoms with Crippen molar-refractivity contribution in [3.63, 3.8) is 0 Å². The van der Waals surface area contributed by atoms with Crippen molar-refractivity contribution >= 4 is 17.8 Å². The second-order valence-electron chi connectivity index (χ2n) is 12.6. The van der Waals surface area contributed by atoms with Crippen LogP contribution in [0, 0.1) is 11.7 Å². The number of amides is 2. The molecule has 0 radical (unpaired) electrons. The summed E-state index contributed by atoms with van der Waals surface area (Å²) in [6.45, 7) is 3.78. The monoisotopic (exact) mass is 574 g/mol. The molecule has 2 fully saturated rings. The number of ether oxygens (including phenoxy) is 1. The third-order valence-corrected chi connectivity index (χ3v) is 8.77. The number of carbonyl (C=O) groups excluding carboxylic acids is 2. The van der Waals surface area contributed by atoms with E-state index in [9.17, 15) is 14.7 Å². The van der Waals surface area contributed by atoms with Crippen LogP contribution in [-0.2, 0) is 15.1 Å². The van der Waals surface area contributed by atoms with Gasteiger partial charge in [0.1, 0.15) is 11.6 Å². The Labute approximate surface area is 245 Å². The molecular weight excluding hydrogens is 535 g/mol. The van der Waals surface area contributed by atoms with E-state index in [4.69, 9.17) is 10.5 Å². The lowest BCUT2D eigenvalue weighted by Crippen LogP contribution is -2.58. The third-order valence-electron chi connectivity index (χ3n) is 8.77. The van der Waals surface area contributed by atoms with E-state index in [-0.39, 0.29) is 23.2 Å². The van der Waals surface area contributed by atoms with Crippen LogP contribution >= 0.6 is 0 Å². The Morgan fingerprint density at radius 1 is 1.05 bits per heavy atom. The van der Waals surface area contributed by atoms with Crippen LogP contribution in [0.15, 0.2) is 60.8 Å². The first-order valence-electron chi connectivity index (χ1n) is 14.4. The molecule has 2 aliphatic rings. The van der Waals surface area contributed by atoms with Crippen molar-refractivity contribution in [3.8, 4) is 22.3 Å². The number of benzene rings is 2. The number of pyridine rings is 1. The van der Waals surface area contributed by atoms with E-state index in [0.29, 0.717) is 36.2 Å². The van der Waals surface area contributed by atoms with Crippen molar-refractivity contribution in [2.24, 2.45) is 11.7 Å². The molecule has 222 valence electrons. The molecule has 5 rings (SSSR count). The van der Waals surface area contributed by atoms with Crippen molar-refractivity contribution < 1.29 is 23.8 Å². The maximum Gasteiger partial charge on any atom is 0.407 e. The summed E-state index contributed by atoms with van der Waals surface area (Å²) in [5.74, 6) is 0.0105. The van der Waals surface area contributed by atoms with Gasteiger partial charge in [0.25, 0.3) is 0 Å². The van der Waals surface area contributed by atoms with Crippen LogP contribution in [0.3, 0.4) is 0 Å². The molecular formula is C33H39FN4O4. The Morgan fingerprint density at radius 2 is 1.71 bits per heavy atom. The van der Waals surface area contributed by atoms with E-state index in [1.54, 1.807) is 37.4 Å². The zero-order valence-corrected chi connectivity index (χ0v) is 24.4. The van der Waals surface area contributed by atoms with Crippen molar-refractivity contribution in [1.29, 1.82) is 0 Å². The van der Waals surface area contributed by atoms with Crippen LogP contribution in [-0.4, -0.2) is 40.3 Å². The highest BCUT2D eigenvalue weighted by atomic mass is 19.1. The lowest BCUT2D eigenvalue weighted by molar-refractivity contribution is -0.117. The summed E-state index contributed by atoms with van der Waals surface area (Å²) in [7, 11) is 1.35. The van der Waals surface area contributed by atoms with E-state index in [1.165, 1.54) is 13.2 Å². The van der Waals surface area contributed by atoms with E-state index in [2.05, 4.69) is 15.6 Å². The summed E-state index contributed by atoms with van der Waals surface area (Å²) >= 11 is 0. The van der Waals surface area contributed by atoms with Crippen molar-refractivity contribution in [1.82, 2.24) is 10.3 Å². The lowest BCUT2D eigenvalue weighted by atomic mass is 9.63. The maximum atomic E-state index is 15.0. The SMILES string of the molecule is COC(=O)NC1(C)CCC(CC(=O)Nc2cc(-c3ccccc3F)c(-c3ccc(C4(N)CC(C)(O)C4)cc3)cn2)CC1. The predicted molar refractivity (Wildman–Crippen MR) is 160 cm³/mol. The van der Waals surface area contributed by atoms with Gasteiger partial charge in [0.2, 0.25) is 5.91 Å². The predicted octanol–water partition coefficient (Wildman–Crippen LogP) is 5.89. The fourth-order valence-electron chi connectivity index (χ4n) is 6.55. The number of nitrogens with one attached hydrogen (secondary N) is 2. The highest BCUT2D eigenvalue weighted by Crippen LogP contribution is 2.46. The van der Waals surface area contributed by atoms with Crippen molar-refractivity contribution in [3.05, 3.63) is 72.2 Å². The van der Waals surface area contributed by atoms with Crippen LogP contribution in [0.2, 0.25) is 0 Å². The molecule has 8 nitrogen and oxygen atoms in total. The highest BCUT2D eigenvalue weighted by molar-refractivity contribution is 5.92. The van der Waals surface area contributed by atoms with Gasteiger partial charge < -0.3 is 26.2 Å². The second kappa shape index (κ2) is 11.5. The molecule has 2 aliphatic carbocycles. The standard InChI is InChI=1S/C33H39FN4O4/c1-31(38-30(40)42-3)14-12-21(13-15-31)16-29(39)37-28-17-25(24-6-4-5-7-27(24)34)26(18-36-28)22-8-10-23(11-9-22)33(35)19-32(2,41)20-33/h4-11,17-18,21,41H,12-16,19-20,35H2,1-3H3,(H,38,40)(H,36,37,39). The maximum absolute atomic E-state index is 15.0. The topological polar surface area (TPSA) is 127 Å². The van der Waals surface area contributed by atoms with Crippen molar-refractivity contribution in [2.75, 3.05) is 12.4 Å². The van der Waals surface area contributed by atoms with Gasteiger partial charge in [0.05, 0.1) is 12.7 Å². The molecule has 2 aromatic carbocycles. The number of halogens is 1. The lowest BCUT2D eigenvalue weighted by Gasteiger charge is -2.49. The quantitative estimate of drug-likeness (QED) is 0.279. The van der Waals surface area contributed by atoms with Gasteiger partial charge in [-0.2, -0.15) is 0 Å². The van der Waals surface area contributed by atoms with E-state index >= 15 is 4.39 Å². The molecule has 42 heavy (non-hydrogen) atoms. The van der Waals surface area contributed by atoms with Gasteiger partial charge in [-0.05, 0) is 87.1 Å². The molecule has 1 heterocycles. The summed E-state index contributed by atoms with van der Waals surface area (Å²) in [6.07, 6.45) is 5.64. The fourth-order valence-corrected chi connectivity index (χ4v) is 6.55. The number of aromatic nitrogens is 1. The number of methoxy groups -OCH3 is 1. The van der Waals surface area contributed by atoms with Gasteiger partial charge in [-0.3, -0.25) is 4.79 Å². The smallest absolute Gasteiger partial charge is 0.407 e. The molecule has 9 heteroatoms. The fraction of sp³-hybridized carbons (Fsp3) is 0.424. The number of hydrogen-bond donors (Lipinski definition) is 4. The van der Waals surface area contributed by atoms with Crippen LogP contribution in [0.4, 0.5) is 15.0 Å². The minimum Gasteiger partial charge on any atom is -0.453 e. The Balaban J connectivity index is 1.32. The van der Waals surface area contributed by atoms with Crippen LogP contribution in [0.25, 0.3) is 22.3 Å². The first kappa shape index (κ1) is 29.7. The average molecular weight is 575 g/mol. The number of hydrogen-bond acceptors (Lipinski definition) is 6. The number of carbonyl (C=O) groups is 2. The largest absolute Gasteiger partial charge is 0.453 e. The molecule has 0 saturated heterocycles. The molecule has 0 aliphatic heterocycles. The first-order valence-corrected chi connectivity index (χ1v) is 14.4. The molecule has 0 bridgehead atoms. The number of nitrogens with zero attached hydrogens (tertiary/aromatic N) is 1. The summed E-state index contributed by atoms with van der Waals surface area (Å²) < 4.78 is 19.7. The summed E-state index contributed by atoms with van der Waals surface area (Å²) in [4.78, 5) is 29.2. The minimum absolute atomic E-state index is 0.154. The minimum atomic E-state index is -0.755. The molecule has 0 spiro atoms. The van der Waals surface area contributed by atoms with Gasteiger partial charge in [-0.1, -0.05) is 42.5 Å². The van der Waals surface area contributed by atoms with Crippen LogP contribution in [0.5, 0.6) is 0 Å². The number of nitrogens with two attached hydrogens (primary N) is 1. The number of aliphatic hydroxyl groups is 1. The molecule has 2 amide bonds. The summed E-state index contributed by atoms with van der Waals surface area (Å²) in [6, 6.07) is 16.0. The Morgan fingerprint density at radius 3 is 2.33 bits per heavy atom. The molecule has 3 aromatic rings. The number of alkyl carbamates (subject to hydrolysis) is 1. The van der Waals surface area contributed by atoms with Gasteiger partial charge in [-0.15, -0.1) is 0 Å². The Bertz CT molecular complexity index is 1460. The summed E-state index contributed by atoms with van der Waals surface area (Å²) in [5.41, 5.74) is 8.36. The summed E-state index contributed by atoms with van der Waals surface area (Å²) in [5, 5.41) is 16.0. The Kier molecular flexibility index (Phi) is 8.09. The molecule has 0 atom stereocenters. The van der Waals surface area contributed by atoms with E-state index < -0.39 is 17.2 Å². The van der Waals surface area contributed by atoms with Gasteiger partial charge in [0.15, 0.2) is 0 Å². The third kappa shape index (κ3) is 6.47. The average Bonchev–Trinajstić information content (AvgIpc) is 2.93. The molecule has 0 unspecified atom stereocenters. The molecule has 5 N–H and O–H groups in total. The van der Waals surface area contributed by atoms with E-state index in [0.717, 1.165) is 42.4 Å². The van der Waals surface area contributed by atoms with Gasteiger partial charge >= 0.3 is 6.09 Å². The van der Waals surface area contributed by atoms with Crippen LogP contribution < -0.4 is 16.4 Å². The number of anilines is 1. The zero-order chi connectivity index (χ0) is 30.1. The zero-order valence-electron chi connectivity index (χ0n) is 24.4. The molecule has 1 aromatic heterocycles. The molecule has 2 saturated carbocycles. The second-order valence-corrected chi connectivity index (χ2v) is 12.6. The number of rotatable bonds is 7. The van der Waals surface area contributed by atoms with Gasteiger partial charge in [0, 0.05) is 34.8 Å². The Hall–Kier alpha value is -3.82. The van der Waals surface area contributed by atoms with Crippen LogP contribution in [0.1, 0.15) is 64.4 Å². The highest BCUT2D eigenvalue weighted by Gasteiger charge is 2.49.